The third-order valence-corrected chi connectivity index (χ3v) is 2.91. The molecule has 1 fully saturated rings. The van der Waals surface area contributed by atoms with Crippen LogP contribution < -0.4 is 5.32 Å². The second kappa shape index (κ2) is 3.97. The van der Waals surface area contributed by atoms with Crippen molar-refractivity contribution in [1.82, 2.24) is 9.97 Å². The Kier molecular flexibility index (Phi) is 2.83. The van der Waals surface area contributed by atoms with E-state index in [9.17, 15) is 0 Å². The van der Waals surface area contributed by atoms with Crippen molar-refractivity contribution in [2.75, 3.05) is 5.32 Å². The molecule has 1 aromatic rings. The summed E-state index contributed by atoms with van der Waals surface area (Å²) in [5.74, 6) is 2.03. The summed E-state index contributed by atoms with van der Waals surface area (Å²) in [5, 5.41) is 3.95. The fourth-order valence-electron chi connectivity index (χ4n) is 1.33. The third-order valence-electron chi connectivity index (χ3n) is 2.54. The van der Waals surface area contributed by atoms with Crippen molar-refractivity contribution >= 4 is 17.4 Å². The second-order valence-corrected chi connectivity index (χ2v) is 4.78. The monoisotopic (exact) mass is 225 g/mol. The molecule has 0 bridgehead atoms. The summed E-state index contributed by atoms with van der Waals surface area (Å²) in [6.07, 6.45) is 2.47. The quantitative estimate of drug-likeness (QED) is 0.804. The summed E-state index contributed by atoms with van der Waals surface area (Å²) >= 11 is 6.08. The Labute approximate surface area is 95.3 Å². The number of halogens is 1. The van der Waals surface area contributed by atoms with Gasteiger partial charge in [0.1, 0.15) is 16.8 Å². The maximum absolute atomic E-state index is 6.08. The van der Waals surface area contributed by atoms with Gasteiger partial charge in [0, 0.05) is 17.5 Å². The van der Waals surface area contributed by atoms with E-state index in [2.05, 4.69) is 29.1 Å². The van der Waals surface area contributed by atoms with Gasteiger partial charge < -0.3 is 5.32 Å². The second-order valence-electron chi connectivity index (χ2n) is 4.42. The minimum Gasteiger partial charge on any atom is -0.367 e. The Morgan fingerprint density at radius 1 is 1.33 bits per heavy atom. The molecule has 1 aliphatic carbocycles. The van der Waals surface area contributed by atoms with E-state index in [0.717, 1.165) is 17.2 Å². The molecule has 1 N–H and O–H groups in total. The number of hydrogen-bond acceptors (Lipinski definition) is 3. The summed E-state index contributed by atoms with van der Waals surface area (Å²) in [4.78, 5) is 8.78. The standard InChI is InChI=1S/C11H16ClN3/c1-6(2)10-14-9(12)7(3)11(15-10)13-8-4-5-8/h6,8H,4-5H2,1-3H3,(H,13,14,15). The third kappa shape index (κ3) is 2.40. The number of aromatic nitrogens is 2. The lowest BCUT2D eigenvalue weighted by molar-refractivity contribution is 0.771. The molecule has 82 valence electrons. The van der Waals surface area contributed by atoms with E-state index >= 15 is 0 Å². The number of rotatable bonds is 3. The van der Waals surface area contributed by atoms with Crippen LogP contribution in [0.1, 0.15) is 44.0 Å². The molecular weight excluding hydrogens is 210 g/mol. The van der Waals surface area contributed by atoms with Gasteiger partial charge in [-0.25, -0.2) is 9.97 Å². The molecule has 0 aliphatic heterocycles. The highest BCUT2D eigenvalue weighted by Crippen LogP contribution is 2.28. The number of nitrogens with one attached hydrogen (secondary N) is 1. The molecule has 15 heavy (non-hydrogen) atoms. The normalized spacial score (nSPS) is 15.8. The molecule has 0 aromatic carbocycles. The molecule has 4 heteroatoms. The molecule has 0 atom stereocenters. The first-order chi connectivity index (χ1) is 7.08. The van der Waals surface area contributed by atoms with Crippen LogP contribution >= 0.6 is 11.6 Å². The fraction of sp³-hybridized carbons (Fsp3) is 0.636. The van der Waals surface area contributed by atoms with Gasteiger partial charge in [0.25, 0.3) is 0 Å². The molecule has 1 aliphatic rings. The summed E-state index contributed by atoms with van der Waals surface area (Å²) in [5.41, 5.74) is 0.952. The van der Waals surface area contributed by atoms with Gasteiger partial charge in [0.2, 0.25) is 0 Å². The molecule has 0 spiro atoms. The molecule has 0 unspecified atom stereocenters. The molecular formula is C11H16ClN3. The van der Waals surface area contributed by atoms with Crippen LogP contribution in [0.5, 0.6) is 0 Å². The van der Waals surface area contributed by atoms with E-state index in [-0.39, 0.29) is 0 Å². The van der Waals surface area contributed by atoms with Gasteiger partial charge in [0.05, 0.1) is 0 Å². The summed E-state index contributed by atoms with van der Waals surface area (Å²) in [7, 11) is 0. The highest BCUT2D eigenvalue weighted by molar-refractivity contribution is 6.30. The first-order valence-corrected chi connectivity index (χ1v) is 5.76. The predicted molar refractivity (Wildman–Crippen MR) is 62.5 cm³/mol. The van der Waals surface area contributed by atoms with Gasteiger partial charge in [-0.2, -0.15) is 0 Å². The van der Waals surface area contributed by atoms with Gasteiger partial charge in [-0.05, 0) is 19.8 Å². The highest BCUT2D eigenvalue weighted by Gasteiger charge is 2.23. The van der Waals surface area contributed by atoms with Crippen molar-refractivity contribution < 1.29 is 0 Å². The average molecular weight is 226 g/mol. The lowest BCUT2D eigenvalue weighted by Crippen LogP contribution is -2.09. The SMILES string of the molecule is Cc1c(Cl)nc(C(C)C)nc1NC1CC1. The van der Waals surface area contributed by atoms with Crippen LogP contribution in [0.2, 0.25) is 5.15 Å². The van der Waals surface area contributed by atoms with Crippen LogP contribution in [0.25, 0.3) is 0 Å². The van der Waals surface area contributed by atoms with E-state index in [1.165, 1.54) is 12.8 Å². The van der Waals surface area contributed by atoms with Crippen LogP contribution in [0.15, 0.2) is 0 Å². The summed E-state index contributed by atoms with van der Waals surface area (Å²) < 4.78 is 0. The topological polar surface area (TPSA) is 37.8 Å². The predicted octanol–water partition coefficient (Wildman–Crippen LogP) is 3.14. The smallest absolute Gasteiger partial charge is 0.137 e. The minimum absolute atomic E-state index is 0.308. The van der Waals surface area contributed by atoms with Gasteiger partial charge >= 0.3 is 0 Å². The molecule has 1 heterocycles. The van der Waals surface area contributed by atoms with E-state index < -0.39 is 0 Å². The van der Waals surface area contributed by atoms with Crippen LogP contribution in [-0.2, 0) is 0 Å². The van der Waals surface area contributed by atoms with Crippen molar-refractivity contribution in [1.29, 1.82) is 0 Å². The first-order valence-electron chi connectivity index (χ1n) is 5.38. The molecule has 0 amide bonds. The lowest BCUT2D eigenvalue weighted by atomic mass is 10.2. The number of hydrogen-bond donors (Lipinski definition) is 1. The summed E-state index contributed by atoms with van der Waals surface area (Å²) in [6, 6.07) is 0.592. The Morgan fingerprint density at radius 2 is 2.00 bits per heavy atom. The van der Waals surface area contributed by atoms with Crippen LogP contribution in [0, 0.1) is 6.92 Å². The highest BCUT2D eigenvalue weighted by atomic mass is 35.5. The minimum atomic E-state index is 0.308. The molecule has 1 saturated carbocycles. The molecule has 1 aromatic heterocycles. The van der Waals surface area contributed by atoms with Crippen LogP contribution in [0.4, 0.5) is 5.82 Å². The Balaban J connectivity index is 2.32. The zero-order chi connectivity index (χ0) is 11.0. The largest absolute Gasteiger partial charge is 0.367 e. The fourth-order valence-corrected chi connectivity index (χ4v) is 1.50. The molecule has 0 radical (unpaired) electrons. The van der Waals surface area contributed by atoms with E-state index in [1.807, 2.05) is 6.92 Å². The van der Waals surface area contributed by atoms with Gasteiger partial charge in [-0.3, -0.25) is 0 Å². The first kappa shape index (κ1) is 10.7. The van der Waals surface area contributed by atoms with Crippen molar-refractivity contribution in [3.05, 3.63) is 16.5 Å². The summed E-state index contributed by atoms with van der Waals surface area (Å²) in [6.45, 7) is 6.10. The van der Waals surface area contributed by atoms with E-state index in [4.69, 9.17) is 11.6 Å². The molecule has 0 saturated heterocycles. The lowest BCUT2D eigenvalue weighted by Gasteiger charge is -2.12. The van der Waals surface area contributed by atoms with Crippen LogP contribution in [0.3, 0.4) is 0 Å². The Bertz CT molecular complexity index is 372. The Morgan fingerprint density at radius 3 is 2.53 bits per heavy atom. The van der Waals surface area contributed by atoms with Gasteiger partial charge in [-0.1, -0.05) is 25.4 Å². The van der Waals surface area contributed by atoms with Crippen LogP contribution in [-0.4, -0.2) is 16.0 Å². The maximum Gasteiger partial charge on any atom is 0.137 e. The van der Waals surface area contributed by atoms with Crippen molar-refractivity contribution in [3.63, 3.8) is 0 Å². The number of anilines is 1. The zero-order valence-electron chi connectivity index (χ0n) is 9.34. The molecule has 3 nitrogen and oxygen atoms in total. The van der Waals surface area contributed by atoms with Crippen molar-refractivity contribution in [2.24, 2.45) is 0 Å². The Hall–Kier alpha value is -0.830. The van der Waals surface area contributed by atoms with Gasteiger partial charge in [0.15, 0.2) is 0 Å². The van der Waals surface area contributed by atoms with Gasteiger partial charge in [-0.15, -0.1) is 0 Å². The van der Waals surface area contributed by atoms with Crippen molar-refractivity contribution in [2.45, 2.75) is 45.6 Å². The van der Waals surface area contributed by atoms with Crippen molar-refractivity contribution in [3.8, 4) is 0 Å². The number of nitrogens with zero attached hydrogens (tertiary/aromatic N) is 2. The average Bonchev–Trinajstić information content (AvgIpc) is 2.96. The van der Waals surface area contributed by atoms with E-state index in [1.54, 1.807) is 0 Å². The molecule has 2 rings (SSSR count). The van der Waals surface area contributed by atoms with E-state index in [0.29, 0.717) is 17.1 Å². The zero-order valence-corrected chi connectivity index (χ0v) is 10.1. The maximum atomic E-state index is 6.08.